The minimum atomic E-state index is 0.166. The number of nitrogens with one attached hydrogen (secondary N) is 1. The van der Waals surface area contributed by atoms with Crippen LogP contribution in [0.5, 0.6) is 5.75 Å². The topological polar surface area (TPSA) is 68.1 Å². The molecule has 0 amide bonds. The molecule has 0 aliphatic rings. The number of hydrogen-bond donors (Lipinski definition) is 1. The highest BCUT2D eigenvalue weighted by Gasteiger charge is 2.15. The fraction of sp³-hybridized carbons (Fsp3) is 0.350. The summed E-state index contributed by atoms with van der Waals surface area (Å²) in [5.74, 6) is 2.27. The fourth-order valence-electron chi connectivity index (χ4n) is 3.05. The third kappa shape index (κ3) is 4.43. The van der Waals surface area contributed by atoms with Gasteiger partial charge in [0.1, 0.15) is 11.6 Å². The Morgan fingerprint density at radius 3 is 2.67 bits per heavy atom. The molecule has 0 radical (unpaired) electrons. The Kier molecular flexibility index (Phi) is 5.71. The molecule has 0 fully saturated rings. The van der Waals surface area contributed by atoms with E-state index in [1.54, 1.807) is 24.2 Å². The minimum absolute atomic E-state index is 0.166. The third-order valence-corrected chi connectivity index (χ3v) is 4.43. The Morgan fingerprint density at radius 1 is 1.19 bits per heavy atom. The third-order valence-electron chi connectivity index (χ3n) is 4.43. The zero-order chi connectivity index (χ0) is 19.4. The van der Waals surface area contributed by atoms with E-state index in [0.717, 1.165) is 23.0 Å². The van der Waals surface area contributed by atoms with E-state index in [-0.39, 0.29) is 6.04 Å². The maximum absolute atomic E-state index is 5.35. The van der Waals surface area contributed by atoms with Gasteiger partial charge < -0.3 is 15.0 Å². The standard InChI is InChI=1S/C20H26N6O/c1-14-9-15(2)26(24-14)20-13-21-12-19(23-20)22-11-18(25(3)4)16-7-6-8-17(10-16)27-5/h6-10,12-13,18H,11H2,1-5H3,(H,22,23). The van der Waals surface area contributed by atoms with E-state index < -0.39 is 0 Å². The van der Waals surface area contributed by atoms with Crippen LogP contribution in [0.25, 0.3) is 5.82 Å². The quantitative estimate of drug-likeness (QED) is 0.693. The number of hydrogen-bond acceptors (Lipinski definition) is 6. The van der Waals surface area contributed by atoms with Crippen molar-refractivity contribution >= 4 is 5.82 Å². The van der Waals surface area contributed by atoms with Gasteiger partial charge in [0.15, 0.2) is 5.82 Å². The smallest absolute Gasteiger partial charge is 0.174 e. The van der Waals surface area contributed by atoms with Gasteiger partial charge in [-0.15, -0.1) is 0 Å². The summed E-state index contributed by atoms with van der Waals surface area (Å²) >= 11 is 0. The van der Waals surface area contributed by atoms with Crippen LogP contribution >= 0.6 is 0 Å². The van der Waals surface area contributed by atoms with Crippen LogP contribution in [0.4, 0.5) is 5.82 Å². The normalized spacial score (nSPS) is 12.2. The molecule has 1 unspecified atom stereocenters. The second-order valence-electron chi connectivity index (χ2n) is 6.74. The van der Waals surface area contributed by atoms with Gasteiger partial charge >= 0.3 is 0 Å². The van der Waals surface area contributed by atoms with Crippen molar-refractivity contribution < 1.29 is 4.74 Å². The number of benzene rings is 1. The number of ether oxygens (including phenoxy) is 1. The summed E-state index contributed by atoms with van der Waals surface area (Å²) in [4.78, 5) is 11.1. The highest BCUT2D eigenvalue weighted by molar-refractivity contribution is 5.38. The number of aromatic nitrogens is 4. The average molecular weight is 366 g/mol. The van der Waals surface area contributed by atoms with Crippen LogP contribution in [-0.2, 0) is 0 Å². The lowest BCUT2D eigenvalue weighted by Crippen LogP contribution is -2.27. The van der Waals surface area contributed by atoms with Crippen LogP contribution in [0.15, 0.2) is 42.7 Å². The first kappa shape index (κ1) is 18.8. The van der Waals surface area contributed by atoms with Gasteiger partial charge in [-0.05, 0) is 51.7 Å². The molecule has 3 rings (SSSR count). The Hall–Kier alpha value is -2.93. The zero-order valence-corrected chi connectivity index (χ0v) is 16.5. The summed E-state index contributed by atoms with van der Waals surface area (Å²) < 4.78 is 7.16. The van der Waals surface area contributed by atoms with Crippen molar-refractivity contribution in [3.63, 3.8) is 0 Å². The summed E-state index contributed by atoms with van der Waals surface area (Å²) in [7, 11) is 5.80. The van der Waals surface area contributed by atoms with Crippen molar-refractivity contribution in [2.24, 2.45) is 0 Å². The van der Waals surface area contributed by atoms with Gasteiger partial charge in [0.25, 0.3) is 0 Å². The summed E-state index contributed by atoms with van der Waals surface area (Å²) in [5.41, 5.74) is 3.16. The van der Waals surface area contributed by atoms with Crippen LogP contribution < -0.4 is 10.1 Å². The summed E-state index contributed by atoms with van der Waals surface area (Å²) in [5, 5.41) is 7.88. The summed E-state index contributed by atoms with van der Waals surface area (Å²) in [6.07, 6.45) is 3.45. The number of likely N-dealkylation sites (N-methyl/N-ethyl adjacent to an activating group) is 1. The maximum Gasteiger partial charge on any atom is 0.174 e. The first-order valence-corrected chi connectivity index (χ1v) is 8.88. The van der Waals surface area contributed by atoms with Gasteiger partial charge in [0.05, 0.1) is 31.2 Å². The highest BCUT2D eigenvalue weighted by atomic mass is 16.5. The van der Waals surface area contributed by atoms with E-state index >= 15 is 0 Å². The molecule has 0 aliphatic heterocycles. The number of methoxy groups -OCH3 is 1. The van der Waals surface area contributed by atoms with E-state index in [9.17, 15) is 0 Å². The average Bonchev–Trinajstić information content (AvgIpc) is 3.00. The van der Waals surface area contributed by atoms with E-state index in [0.29, 0.717) is 12.4 Å². The van der Waals surface area contributed by atoms with Gasteiger partial charge in [-0.25, -0.2) is 9.67 Å². The van der Waals surface area contributed by atoms with Gasteiger partial charge in [-0.3, -0.25) is 4.98 Å². The first-order chi connectivity index (χ1) is 13.0. The predicted molar refractivity (Wildman–Crippen MR) is 107 cm³/mol. The van der Waals surface area contributed by atoms with E-state index in [4.69, 9.17) is 4.74 Å². The molecule has 0 saturated carbocycles. The molecule has 2 heterocycles. The van der Waals surface area contributed by atoms with Gasteiger partial charge in [-0.2, -0.15) is 5.10 Å². The number of anilines is 1. The van der Waals surface area contributed by atoms with Crippen molar-refractivity contribution in [2.75, 3.05) is 33.1 Å². The van der Waals surface area contributed by atoms with Gasteiger partial charge in [0, 0.05) is 12.2 Å². The molecule has 0 spiro atoms. The van der Waals surface area contributed by atoms with Crippen LogP contribution in [-0.4, -0.2) is 52.4 Å². The maximum atomic E-state index is 5.35. The van der Waals surface area contributed by atoms with E-state index in [1.165, 1.54) is 5.56 Å². The van der Waals surface area contributed by atoms with Crippen molar-refractivity contribution in [1.29, 1.82) is 0 Å². The lowest BCUT2D eigenvalue weighted by atomic mass is 10.1. The summed E-state index contributed by atoms with van der Waals surface area (Å²) in [6, 6.07) is 10.3. The lowest BCUT2D eigenvalue weighted by molar-refractivity contribution is 0.310. The zero-order valence-electron chi connectivity index (χ0n) is 16.5. The highest BCUT2D eigenvalue weighted by Crippen LogP contribution is 2.23. The lowest BCUT2D eigenvalue weighted by Gasteiger charge is -2.25. The first-order valence-electron chi connectivity index (χ1n) is 8.88. The molecule has 2 aromatic heterocycles. The molecule has 1 aromatic carbocycles. The predicted octanol–water partition coefficient (Wildman–Crippen LogP) is 3.00. The van der Waals surface area contributed by atoms with Gasteiger partial charge in [0.2, 0.25) is 0 Å². The molecule has 0 saturated heterocycles. The molecule has 1 atom stereocenters. The molecule has 142 valence electrons. The van der Waals surface area contributed by atoms with Crippen molar-refractivity contribution in [3.8, 4) is 11.6 Å². The molecular formula is C20H26N6O. The Bertz CT molecular complexity index is 905. The second-order valence-corrected chi connectivity index (χ2v) is 6.74. The molecule has 27 heavy (non-hydrogen) atoms. The minimum Gasteiger partial charge on any atom is -0.497 e. The van der Waals surface area contributed by atoms with Crippen molar-refractivity contribution in [3.05, 3.63) is 59.7 Å². The van der Waals surface area contributed by atoms with Crippen LogP contribution in [0.2, 0.25) is 0 Å². The Morgan fingerprint density at radius 2 is 2.00 bits per heavy atom. The number of rotatable bonds is 7. The largest absolute Gasteiger partial charge is 0.497 e. The molecular weight excluding hydrogens is 340 g/mol. The Balaban J connectivity index is 1.78. The van der Waals surface area contributed by atoms with Crippen LogP contribution in [0, 0.1) is 13.8 Å². The van der Waals surface area contributed by atoms with Crippen molar-refractivity contribution in [2.45, 2.75) is 19.9 Å². The van der Waals surface area contributed by atoms with Crippen LogP contribution in [0.3, 0.4) is 0 Å². The second kappa shape index (κ2) is 8.18. The molecule has 7 heteroatoms. The number of nitrogens with zero attached hydrogens (tertiary/aromatic N) is 5. The molecule has 7 nitrogen and oxygen atoms in total. The molecule has 3 aromatic rings. The SMILES string of the molecule is COc1cccc(C(CNc2cncc(-n3nc(C)cc3C)n2)N(C)C)c1. The van der Waals surface area contributed by atoms with E-state index in [2.05, 4.69) is 51.5 Å². The number of aryl methyl sites for hydroxylation is 2. The summed E-state index contributed by atoms with van der Waals surface area (Å²) in [6.45, 7) is 4.66. The molecule has 0 bridgehead atoms. The van der Waals surface area contributed by atoms with E-state index in [1.807, 2.05) is 32.0 Å². The molecule has 1 N–H and O–H groups in total. The van der Waals surface area contributed by atoms with Crippen molar-refractivity contribution in [1.82, 2.24) is 24.6 Å². The Labute approximate surface area is 160 Å². The fourth-order valence-corrected chi connectivity index (χ4v) is 3.05. The monoisotopic (exact) mass is 366 g/mol. The van der Waals surface area contributed by atoms with Gasteiger partial charge in [-0.1, -0.05) is 12.1 Å². The van der Waals surface area contributed by atoms with Crippen LogP contribution in [0.1, 0.15) is 23.0 Å². The molecule has 0 aliphatic carbocycles.